The lowest BCUT2D eigenvalue weighted by Crippen LogP contribution is -2.30. The predicted molar refractivity (Wildman–Crippen MR) is 94.6 cm³/mol. The lowest BCUT2D eigenvalue weighted by Gasteiger charge is -2.17. The highest BCUT2D eigenvalue weighted by Gasteiger charge is 2.39. The maximum atomic E-state index is 12.9. The molecular formula is C17H19BrN2O2S. The molecule has 1 aliphatic rings. The van der Waals surface area contributed by atoms with Crippen LogP contribution in [0.5, 0.6) is 0 Å². The fourth-order valence-electron chi connectivity index (χ4n) is 3.14. The van der Waals surface area contributed by atoms with Gasteiger partial charge in [0.05, 0.1) is 4.90 Å². The van der Waals surface area contributed by atoms with Crippen LogP contribution in [0.1, 0.15) is 11.5 Å². The average Bonchev–Trinajstić information content (AvgIpc) is 3.01. The van der Waals surface area contributed by atoms with Crippen LogP contribution in [0.15, 0.2) is 64.0 Å². The second-order valence-corrected chi connectivity index (χ2v) is 8.53. The lowest BCUT2D eigenvalue weighted by atomic mass is 9.89. The zero-order chi connectivity index (χ0) is 16.4. The van der Waals surface area contributed by atoms with E-state index in [1.54, 1.807) is 22.5 Å². The van der Waals surface area contributed by atoms with Gasteiger partial charge in [0.2, 0.25) is 10.0 Å². The number of hydrogen-bond acceptors (Lipinski definition) is 3. The normalized spacial score (nSPS) is 22.3. The molecule has 2 aromatic carbocycles. The van der Waals surface area contributed by atoms with Crippen molar-refractivity contribution >= 4 is 26.0 Å². The third-order valence-corrected chi connectivity index (χ3v) is 7.24. The topological polar surface area (TPSA) is 63.4 Å². The summed E-state index contributed by atoms with van der Waals surface area (Å²) in [6.07, 6.45) is 0. The Morgan fingerprint density at radius 2 is 1.70 bits per heavy atom. The summed E-state index contributed by atoms with van der Waals surface area (Å²) in [5, 5.41) is 0. The van der Waals surface area contributed by atoms with E-state index in [1.807, 2.05) is 36.4 Å². The van der Waals surface area contributed by atoms with Crippen LogP contribution >= 0.6 is 15.9 Å². The Kier molecular flexibility index (Phi) is 4.87. The molecule has 0 radical (unpaired) electrons. The van der Waals surface area contributed by atoms with Crippen molar-refractivity contribution in [2.24, 2.45) is 11.7 Å². The minimum Gasteiger partial charge on any atom is -0.330 e. The van der Waals surface area contributed by atoms with E-state index in [4.69, 9.17) is 5.73 Å². The summed E-state index contributed by atoms with van der Waals surface area (Å²) >= 11 is 3.34. The molecule has 0 aliphatic carbocycles. The summed E-state index contributed by atoms with van der Waals surface area (Å²) < 4.78 is 28.0. The molecule has 2 aromatic rings. The summed E-state index contributed by atoms with van der Waals surface area (Å²) in [6, 6.07) is 16.9. The van der Waals surface area contributed by atoms with Crippen LogP contribution in [0, 0.1) is 5.92 Å². The van der Waals surface area contributed by atoms with Crippen molar-refractivity contribution in [2.45, 2.75) is 10.8 Å². The van der Waals surface area contributed by atoms with Gasteiger partial charge in [-0.2, -0.15) is 4.31 Å². The first-order valence-corrected chi connectivity index (χ1v) is 9.77. The van der Waals surface area contributed by atoms with Crippen molar-refractivity contribution in [3.63, 3.8) is 0 Å². The number of benzene rings is 2. The Labute approximate surface area is 145 Å². The first-order valence-electron chi connectivity index (χ1n) is 7.53. The summed E-state index contributed by atoms with van der Waals surface area (Å²) in [5.41, 5.74) is 7.05. The van der Waals surface area contributed by atoms with Gasteiger partial charge in [0.15, 0.2) is 0 Å². The van der Waals surface area contributed by atoms with Gasteiger partial charge in [-0.05, 0) is 46.1 Å². The quantitative estimate of drug-likeness (QED) is 0.866. The molecule has 2 N–H and O–H groups in total. The summed E-state index contributed by atoms with van der Waals surface area (Å²) in [6.45, 7) is 1.40. The molecular weight excluding hydrogens is 376 g/mol. The Balaban J connectivity index is 1.92. The number of hydrogen-bond donors (Lipinski definition) is 1. The van der Waals surface area contributed by atoms with Crippen LogP contribution in [0.2, 0.25) is 0 Å². The van der Waals surface area contributed by atoms with Crippen molar-refractivity contribution in [3.8, 4) is 0 Å². The molecule has 4 nitrogen and oxygen atoms in total. The first kappa shape index (κ1) is 16.6. The molecule has 3 rings (SSSR count). The molecule has 23 heavy (non-hydrogen) atoms. The first-order chi connectivity index (χ1) is 11.0. The number of halogens is 1. The third-order valence-electron chi connectivity index (χ3n) is 4.39. The Bertz CT molecular complexity index is 780. The van der Waals surface area contributed by atoms with Gasteiger partial charge in [-0.3, -0.25) is 0 Å². The minimum atomic E-state index is -3.52. The fraction of sp³-hybridized carbons (Fsp3) is 0.294. The zero-order valence-corrected chi connectivity index (χ0v) is 15.0. The fourth-order valence-corrected chi connectivity index (χ4v) is 5.62. The average molecular weight is 395 g/mol. The Morgan fingerprint density at radius 3 is 2.35 bits per heavy atom. The van der Waals surface area contributed by atoms with Gasteiger partial charge in [0.25, 0.3) is 0 Å². The van der Waals surface area contributed by atoms with Crippen molar-refractivity contribution in [1.29, 1.82) is 0 Å². The van der Waals surface area contributed by atoms with Gasteiger partial charge in [0.1, 0.15) is 0 Å². The summed E-state index contributed by atoms with van der Waals surface area (Å²) in [7, 11) is -3.52. The second-order valence-electron chi connectivity index (χ2n) is 5.77. The molecule has 122 valence electrons. The molecule has 1 aliphatic heterocycles. The van der Waals surface area contributed by atoms with E-state index in [0.29, 0.717) is 29.0 Å². The molecule has 6 heteroatoms. The van der Waals surface area contributed by atoms with E-state index in [0.717, 1.165) is 5.56 Å². The monoisotopic (exact) mass is 394 g/mol. The second kappa shape index (κ2) is 6.73. The summed E-state index contributed by atoms with van der Waals surface area (Å²) in [4.78, 5) is 0.310. The van der Waals surface area contributed by atoms with E-state index < -0.39 is 10.0 Å². The molecule has 1 saturated heterocycles. The van der Waals surface area contributed by atoms with Gasteiger partial charge in [0, 0.05) is 23.5 Å². The molecule has 2 atom stereocenters. The van der Waals surface area contributed by atoms with Crippen molar-refractivity contribution < 1.29 is 8.42 Å². The zero-order valence-electron chi connectivity index (χ0n) is 12.6. The van der Waals surface area contributed by atoms with Crippen LogP contribution in [0.3, 0.4) is 0 Å². The summed E-state index contributed by atoms with van der Waals surface area (Å²) in [5.74, 6) is 0.271. The van der Waals surface area contributed by atoms with E-state index in [2.05, 4.69) is 15.9 Å². The molecule has 0 unspecified atom stereocenters. The van der Waals surface area contributed by atoms with Crippen LogP contribution < -0.4 is 5.73 Å². The highest BCUT2D eigenvalue weighted by atomic mass is 79.9. The van der Waals surface area contributed by atoms with E-state index in [9.17, 15) is 8.42 Å². The third kappa shape index (κ3) is 3.21. The number of nitrogens with two attached hydrogens (primary N) is 1. The molecule has 0 aromatic heterocycles. The number of nitrogens with zero attached hydrogens (tertiary/aromatic N) is 1. The molecule has 0 spiro atoms. The molecule has 1 heterocycles. The molecule has 0 saturated carbocycles. The maximum absolute atomic E-state index is 12.9. The minimum absolute atomic E-state index is 0.134. The highest BCUT2D eigenvalue weighted by Crippen LogP contribution is 2.36. The van der Waals surface area contributed by atoms with Crippen LogP contribution in [-0.4, -0.2) is 32.4 Å². The van der Waals surface area contributed by atoms with E-state index >= 15 is 0 Å². The van der Waals surface area contributed by atoms with Crippen LogP contribution in [0.4, 0.5) is 0 Å². The van der Waals surface area contributed by atoms with Gasteiger partial charge < -0.3 is 5.73 Å². The number of rotatable bonds is 4. The lowest BCUT2D eigenvalue weighted by molar-refractivity contribution is 0.458. The molecule has 0 amide bonds. The largest absolute Gasteiger partial charge is 0.330 e. The van der Waals surface area contributed by atoms with Crippen LogP contribution in [-0.2, 0) is 10.0 Å². The van der Waals surface area contributed by atoms with Crippen LogP contribution in [0.25, 0.3) is 0 Å². The smallest absolute Gasteiger partial charge is 0.244 e. The van der Waals surface area contributed by atoms with Crippen molar-refractivity contribution in [1.82, 2.24) is 4.31 Å². The Hall–Kier alpha value is -1.21. The van der Waals surface area contributed by atoms with Gasteiger partial charge >= 0.3 is 0 Å². The standard InChI is InChI=1S/C17H19BrN2O2S/c18-16-8-4-5-9-17(16)23(21,22)20-11-14(10-19)15(12-20)13-6-2-1-3-7-13/h1-9,14-15H,10-12,19H2/t14-,15+/m1/s1. The number of sulfonamides is 1. The Morgan fingerprint density at radius 1 is 1.04 bits per heavy atom. The highest BCUT2D eigenvalue weighted by molar-refractivity contribution is 9.10. The van der Waals surface area contributed by atoms with Gasteiger partial charge in [-0.15, -0.1) is 0 Å². The van der Waals surface area contributed by atoms with E-state index in [-0.39, 0.29) is 11.8 Å². The van der Waals surface area contributed by atoms with Crippen molar-refractivity contribution in [2.75, 3.05) is 19.6 Å². The van der Waals surface area contributed by atoms with Gasteiger partial charge in [-0.25, -0.2) is 8.42 Å². The van der Waals surface area contributed by atoms with Crippen molar-refractivity contribution in [3.05, 3.63) is 64.6 Å². The van der Waals surface area contributed by atoms with E-state index in [1.165, 1.54) is 0 Å². The molecule has 1 fully saturated rings. The van der Waals surface area contributed by atoms with Gasteiger partial charge in [-0.1, -0.05) is 42.5 Å². The molecule has 0 bridgehead atoms. The maximum Gasteiger partial charge on any atom is 0.244 e. The SMILES string of the molecule is NC[C@@H]1CN(S(=O)(=O)c2ccccc2Br)C[C@H]1c1ccccc1. The predicted octanol–water partition coefficient (Wildman–Crippen LogP) is 2.81.